The maximum Gasteiger partial charge on any atom is 0.0850 e. The molecule has 0 aliphatic carbocycles. The lowest BCUT2D eigenvalue weighted by molar-refractivity contribution is 0.298. The summed E-state index contributed by atoms with van der Waals surface area (Å²) in [5, 5.41) is 17.7. The van der Waals surface area contributed by atoms with Crippen molar-refractivity contribution < 1.29 is 5.11 Å². The molecule has 0 bridgehead atoms. The molecule has 0 fully saturated rings. The van der Waals surface area contributed by atoms with Crippen molar-refractivity contribution in [3.8, 4) is 0 Å². The molecule has 2 rings (SSSR count). The Morgan fingerprint density at radius 1 is 1.24 bits per heavy atom. The molecule has 90 valence electrons. The molecule has 0 aliphatic rings. The van der Waals surface area contributed by atoms with Gasteiger partial charge >= 0.3 is 0 Å². The van der Waals surface area contributed by atoms with E-state index in [-0.39, 0.29) is 6.61 Å². The molecule has 1 aromatic heterocycles. The number of nitrogens with zero attached hydrogens (tertiary/aromatic N) is 3. The summed E-state index contributed by atoms with van der Waals surface area (Å²) >= 11 is 11.8. The second kappa shape index (κ2) is 5.49. The van der Waals surface area contributed by atoms with Gasteiger partial charge in [0.15, 0.2) is 0 Å². The molecular formula is C11H11Cl2N3O. The Balaban J connectivity index is 2.11. The maximum atomic E-state index is 8.78. The topological polar surface area (TPSA) is 50.9 Å². The van der Waals surface area contributed by atoms with Crippen molar-refractivity contribution >= 4 is 23.2 Å². The minimum absolute atomic E-state index is 0.0749. The highest BCUT2D eigenvalue weighted by Crippen LogP contribution is 2.22. The van der Waals surface area contributed by atoms with E-state index < -0.39 is 0 Å². The van der Waals surface area contributed by atoms with Crippen molar-refractivity contribution in [3.63, 3.8) is 0 Å². The van der Waals surface area contributed by atoms with Gasteiger partial charge in [-0.2, -0.15) is 0 Å². The van der Waals surface area contributed by atoms with Crippen LogP contribution in [0.1, 0.15) is 11.3 Å². The van der Waals surface area contributed by atoms with Gasteiger partial charge in [-0.3, -0.25) is 0 Å². The Bertz CT molecular complexity index is 513. The van der Waals surface area contributed by atoms with Gasteiger partial charge in [0.05, 0.1) is 22.3 Å². The summed E-state index contributed by atoms with van der Waals surface area (Å²) in [4.78, 5) is 0. The Hall–Kier alpha value is -1.10. The maximum absolute atomic E-state index is 8.78. The van der Waals surface area contributed by atoms with E-state index in [1.165, 1.54) is 0 Å². The van der Waals surface area contributed by atoms with Gasteiger partial charge in [-0.05, 0) is 17.7 Å². The van der Waals surface area contributed by atoms with E-state index in [2.05, 4.69) is 10.3 Å². The summed E-state index contributed by atoms with van der Waals surface area (Å²) in [6, 6.07) is 5.45. The molecule has 4 nitrogen and oxygen atoms in total. The quantitative estimate of drug-likeness (QED) is 0.928. The Kier molecular flexibility index (Phi) is 3.99. The molecular weight excluding hydrogens is 261 g/mol. The number of hydrogen-bond donors (Lipinski definition) is 1. The number of benzene rings is 1. The zero-order valence-corrected chi connectivity index (χ0v) is 10.5. The molecule has 0 aliphatic heterocycles. The number of aromatic nitrogens is 3. The van der Waals surface area contributed by atoms with Gasteiger partial charge < -0.3 is 5.11 Å². The fraction of sp³-hybridized carbons (Fsp3) is 0.273. The first-order chi connectivity index (χ1) is 8.19. The zero-order valence-electron chi connectivity index (χ0n) is 8.98. The molecule has 0 atom stereocenters. The van der Waals surface area contributed by atoms with Crippen LogP contribution < -0.4 is 0 Å². The smallest absolute Gasteiger partial charge is 0.0850 e. The number of rotatable bonds is 4. The second-order valence-corrected chi connectivity index (χ2v) is 4.44. The van der Waals surface area contributed by atoms with Crippen LogP contribution in [0.15, 0.2) is 24.4 Å². The van der Waals surface area contributed by atoms with E-state index in [1.807, 2.05) is 6.07 Å². The molecule has 6 heteroatoms. The first kappa shape index (κ1) is 12.4. The van der Waals surface area contributed by atoms with Crippen molar-refractivity contribution in [3.05, 3.63) is 45.7 Å². The predicted octanol–water partition coefficient (Wildman–Crippen LogP) is 2.17. The SMILES string of the molecule is OCCc1cn(Cc2ccc(Cl)c(Cl)c2)nn1. The molecule has 17 heavy (non-hydrogen) atoms. The van der Waals surface area contributed by atoms with E-state index >= 15 is 0 Å². The van der Waals surface area contributed by atoms with Crippen LogP contribution in [-0.2, 0) is 13.0 Å². The van der Waals surface area contributed by atoms with Gasteiger partial charge in [-0.25, -0.2) is 4.68 Å². The molecule has 0 radical (unpaired) electrons. The molecule has 0 saturated heterocycles. The average Bonchev–Trinajstić information content (AvgIpc) is 2.72. The van der Waals surface area contributed by atoms with Crippen molar-refractivity contribution in [1.29, 1.82) is 0 Å². The third kappa shape index (κ3) is 3.19. The highest BCUT2D eigenvalue weighted by atomic mass is 35.5. The molecule has 0 saturated carbocycles. The lowest BCUT2D eigenvalue weighted by Gasteiger charge is -2.02. The monoisotopic (exact) mass is 271 g/mol. The van der Waals surface area contributed by atoms with Gasteiger partial charge in [0.1, 0.15) is 0 Å². The molecule has 1 N–H and O–H groups in total. The Morgan fingerprint density at radius 3 is 2.76 bits per heavy atom. The highest BCUT2D eigenvalue weighted by Gasteiger charge is 2.03. The number of halogens is 2. The van der Waals surface area contributed by atoms with Crippen LogP contribution in [0.3, 0.4) is 0 Å². The highest BCUT2D eigenvalue weighted by molar-refractivity contribution is 6.42. The van der Waals surface area contributed by atoms with Gasteiger partial charge in [0.2, 0.25) is 0 Å². The first-order valence-corrected chi connectivity index (χ1v) is 5.88. The molecule has 0 spiro atoms. The van der Waals surface area contributed by atoms with Crippen LogP contribution in [0.4, 0.5) is 0 Å². The summed E-state index contributed by atoms with van der Waals surface area (Å²) in [6.07, 6.45) is 2.32. The van der Waals surface area contributed by atoms with Gasteiger partial charge in [-0.1, -0.05) is 34.5 Å². The lowest BCUT2D eigenvalue weighted by atomic mass is 10.2. The summed E-state index contributed by atoms with van der Waals surface area (Å²) < 4.78 is 1.70. The van der Waals surface area contributed by atoms with Crippen molar-refractivity contribution in [2.45, 2.75) is 13.0 Å². The normalized spacial score (nSPS) is 10.8. The van der Waals surface area contributed by atoms with Crippen molar-refractivity contribution in [1.82, 2.24) is 15.0 Å². The second-order valence-electron chi connectivity index (χ2n) is 3.63. The van der Waals surface area contributed by atoms with E-state index in [0.717, 1.165) is 11.3 Å². The van der Waals surface area contributed by atoms with Crippen LogP contribution in [-0.4, -0.2) is 26.7 Å². The molecule has 0 amide bonds. The summed E-state index contributed by atoms with van der Waals surface area (Å²) in [7, 11) is 0. The largest absolute Gasteiger partial charge is 0.396 e. The van der Waals surface area contributed by atoms with E-state index in [1.54, 1.807) is 23.0 Å². The Morgan fingerprint density at radius 2 is 2.06 bits per heavy atom. The van der Waals surface area contributed by atoms with E-state index in [0.29, 0.717) is 23.0 Å². The summed E-state index contributed by atoms with van der Waals surface area (Å²) in [5.74, 6) is 0. The fourth-order valence-corrected chi connectivity index (χ4v) is 1.79. The minimum Gasteiger partial charge on any atom is -0.396 e. The van der Waals surface area contributed by atoms with Crippen LogP contribution in [0.5, 0.6) is 0 Å². The van der Waals surface area contributed by atoms with Crippen LogP contribution in [0, 0.1) is 0 Å². The number of aliphatic hydroxyl groups is 1. The lowest BCUT2D eigenvalue weighted by Crippen LogP contribution is -2.00. The van der Waals surface area contributed by atoms with Gasteiger partial charge in [0, 0.05) is 19.2 Å². The first-order valence-electron chi connectivity index (χ1n) is 5.13. The average molecular weight is 272 g/mol. The van der Waals surface area contributed by atoms with E-state index in [9.17, 15) is 0 Å². The molecule has 1 heterocycles. The third-order valence-corrected chi connectivity index (χ3v) is 3.02. The van der Waals surface area contributed by atoms with Gasteiger partial charge in [0.25, 0.3) is 0 Å². The molecule has 2 aromatic rings. The van der Waals surface area contributed by atoms with Gasteiger partial charge in [-0.15, -0.1) is 5.10 Å². The van der Waals surface area contributed by atoms with Crippen molar-refractivity contribution in [2.75, 3.05) is 6.61 Å². The standard InChI is InChI=1S/C11H11Cl2N3O/c12-10-2-1-8(5-11(10)13)6-16-7-9(3-4-17)14-15-16/h1-2,5,7,17H,3-4,6H2. The predicted molar refractivity (Wildman–Crippen MR) is 66.4 cm³/mol. The van der Waals surface area contributed by atoms with E-state index in [4.69, 9.17) is 28.3 Å². The fourth-order valence-electron chi connectivity index (χ4n) is 1.47. The molecule has 0 unspecified atom stereocenters. The number of aliphatic hydroxyl groups excluding tert-OH is 1. The third-order valence-electron chi connectivity index (χ3n) is 2.28. The summed E-state index contributed by atoms with van der Waals surface area (Å²) in [6.45, 7) is 0.654. The minimum atomic E-state index is 0.0749. The molecule has 1 aromatic carbocycles. The van der Waals surface area contributed by atoms with Crippen LogP contribution in [0.2, 0.25) is 10.0 Å². The van der Waals surface area contributed by atoms with Crippen LogP contribution in [0.25, 0.3) is 0 Å². The Labute approximate surface area is 109 Å². The number of hydrogen-bond acceptors (Lipinski definition) is 3. The van der Waals surface area contributed by atoms with Crippen molar-refractivity contribution in [2.24, 2.45) is 0 Å². The van der Waals surface area contributed by atoms with Crippen LogP contribution >= 0.6 is 23.2 Å². The summed E-state index contributed by atoms with van der Waals surface area (Å²) in [5.41, 5.74) is 1.77. The zero-order chi connectivity index (χ0) is 12.3.